The van der Waals surface area contributed by atoms with Gasteiger partial charge in [-0.25, -0.2) is 0 Å². The van der Waals surface area contributed by atoms with Crippen LogP contribution in [0.25, 0.3) is 0 Å². The number of carbonyl (C=O) groups is 2. The quantitative estimate of drug-likeness (QED) is 0.445. The highest BCUT2D eigenvalue weighted by atomic mass is 16.6. The summed E-state index contributed by atoms with van der Waals surface area (Å²) >= 11 is 0. The van der Waals surface area contributed by atoms with Gasteiger partial charge in [-0.2, -0.15) is 0 Å². The third-order valence-corrected chi connectivity index (χ3v) is 1.24. The van der Waals surface area contributed by atoms with Gasteiger partial charge in [-0.3, -0.25) is 9.59 Å². The summed E-state index contributed by atoms with van der Waals surface area (Å²) in [7, 11) is 0. The average Bonchev–Trinajstić information content (AvgIpc) is 2.01. The van der Waals surface area contributed by atoms with Crippen LogP contribution in [0.3, 0.4) is 0 Å². The first kappa shape index (κ1) is 11.9. The van der Waals surface area contributed by atoms with Crippen LogP contribution < -0.4 is 5.73 Å². The van der Waals surface area contributed by atoms with Crippen molar-refractivity contribution in [3.8, 4) is 0 Å². The summed E-state index contributed by atoms with van der Waals surface area (Å²) in [5, 5.41) is 0. The molecule has 76 valence electrons. The van der Waals surface area contributed by atoms with Gasteiger partial charge in [-0.1, -0.05) is 0 Å². The van der Waals surface area contributed by atoms with Crippen molar-refractivity contribution in [1.29, 1.82) is 0 Å². The molecule has 5 heteroatoms. The van der Waals surface area contributed by atoms with Gasteiger partial charge >= 0.3 is 5.97 Å². The van der Waals surface area contributed by atoms with Crippen LogP contribution in [0.1, 0.15) is 19.8 Å². The van der Waals surface area contributed by atoms with Crippen LogP contribution in [0, 0.1) is 0 Å². The first-order valence-electron chi connectivity index (χ1n) is 4.12. The monoisotopic (exact) mass is 189 g/mol. The van der Waals surface area contributed by atoms with E-state index in [4.69, 9.17) is 10.5 Å². The lowest BCUT2D eigenvalue weighted by Crippen LogP contribution is -2.12. The molecule has 0 unspecified atom stereocenters. The van der Waals surface area contributed by atoms with Crippen LogP contribution in [0.2, 0.25) is 0 Å². The minimum Gasteiger partial charge on any atom is -0.463 e. The van der Waals surface area contributed by atoms with Crippen molar-refractivity contribution in [2.24, 2.45) is 5.73 Å². The molecular formula is C8H15NO4. The summed E-state index contributed by atoms with van der Waals surface area (Å²) in [6.45, 7) is 2.42. The zero-order valence-corrected chi connectivity index (χ0v) is 7.75. The molecule has 0 saturated carbocycles. The van der Waals surface area contributed by atoms with E-state index in [-0.39, 0.29) is 18.5 Å². The Bertz CT molecular complexity index is 152. The van der Waals surface area contributed by atoms with E-state index >= 15 is 0 Å². The van der Waals surface area contributed by atoms with Gasteiger partial charge in [0, 0.05) is 20.0 Å². The lowest BCUT2D eigenvalue weighted by atomic mass is 10.3. The number of carbonyl (C=O) groups excluding carboxylic acids is 2. The van der Waals surface area contributed by atoms with Crippen molar-refractivity contribution in [1.82, 2.24) is 0 Å². The second-order valence-corrected chi connectivity index (χ2v) is 2.52. The minimum atomic E-state index is -0.330. The Morgan fingerprint density at radius 1 is 1.23 bits per heavy atom. The van der Waals surface area contributed by atoms with E-state index in [2.05, 4.69) is 4.74 Å². The summed E-state index contributed by atoms with van der Waals surface area (Å²) in [4.78, 5) is 20.6. The maximum Gasteiger partial charge on any atom is 0.302 e. The Morgan fingerprint density at radius 2 is 1.92 bits per heavy atom. The molecule has 0 aliphatic carbocycles. The Hall–Kier alpha value is -1.10. The largest absolute Gasteiger partial charge is 0.463 e. The Morgan fingerprint density at radius 3 is 2.46 bits per heavy atom. The van der Waals surface area contributed by atoms with Gasteiger partial charge in [0.05, 0.1) is 6.61 Å². The molecule has 0 aromatic rings. The van der Waals surface area contributed by atoms with E-state index in [0.29, 0.717) is 26.1 Å². The molecule has 0 atom stereocenters. The van der Waals surface area contributed by atoms with Gasteiger partial charge in [0.25, 0.3) is 0 Å². The SMILES string of the molecule is CC(=O)OCCOCCCC(N)=O. The number of amides is 1. The fourth-order valence-corrected chi connectivity index (χ4v) is 0.695. The molecule has 0 heterocycles. The molecule has 0 rings (SSSR count). The number of hydrogen-bond acceptors (Lipinski definition) is 4. The molecule has 0 spiro atoms. The molecule has 0 aliphatic heterocycles. The fraction of sp³-hybridized carbons (Fsp3) is 0.750. The maximum absolute atomic E-state index is 10.3. The molecule has 0 radical (unpaired) electrons. The van der Waals surface area contributed by atoms with Crippen molar-refractivity contribution in [3.05, 3.63) is 0 Å². The number of esters is 1. The first-order chi connectivity index (χ1) is 6.13. The van der Waals surface area contributed by atoms with E-state index in [0.717, 1.165) is 0 Å². The van der Waals surface area contributed by atoms with Crippen LogP contribution in [0.4, 0.5) is 0 Å². The van der Waals surface area contributed by atoms with E-state index in [1.54, 1.807) is 0 Å². The number of rotatable bonds is 7. The normalized spacial score (nSPS) is 9.62. The van der Waals surface area contributed by atoms with Crippen molar-refractivity contribution in [2.75, 3.05) is 19.8 Å². The third kappa shape index (κ3) is 10.9. The van der Waals surface area contributed by atoms with Crippen LogP contribution in [0.5, 0.6) is 0 Å². The molecule has 13 heavy (non-hydrogen) atoms. The van der Waals surface area contributed by atoms with Gasteiger partial charge < -0.3 is 15.2 Å². The zero-order valence-electron chi connectivity index (χ0n) is 7.75. The fourth-order valence-electron chi connectivity index (χ4n) is 0.695. The highest BCUT2D eigenvalue weighted by Crippen LogP contribution is 1.88. The molecule has 0 aromatic heterocycles. The number of nitrogens with two attached hydrogens (primary N) is 1. The molecule has 0 fully saturated rings. The second kappa shape index (κ2) is 7.54. The Labute approximate surface area is 77.2 Å². The second-order valence-electron chi connectivity index (χ2n) is 2.52. The summed E-state index contributed by atoms with van der Waals surface area (Å²) in [5.41, 5.74) is 4.91. The minimum absolute atomic E-state index is 0.256. The van der Waals surface area contributed by atoms with E-state index in [1.807, 2.05) is 0 Å². The molecular weight excluding hydrogens is 174 g/mol. The molecule has 5 nitrogen and oxygen atoms in total. The molecule has 0 aromatic carbocycles. The standard InChI is InChI=1S/C8H15NO4/c1-7(10)13-6-5-12-4-2-3-8(9)11/h2-6H2,1H3,(H2,9,11). The van der Waals surface area contributed by atoms with Crippen molar-refractivity contribution in [2.45, 2.75) is 19.8 Å². The van der Waals surface area contributed by atoms with Crippen LogP contribution in [-0.2, 0) is 19.1 Å². The summed E-state index contributed by atoms with van der Waals surface area (Å²) in [5.74, 6) is -0.649. The lowest BCUT2D eigenvalue weighted by molar-refractivity contribution is -0.142. The maximum atomic E-state index is 10.3. The van der Waals surface area contributed by atoms with Gasteiger partial charge in [-0.15, -0.1) is 0 Å². The lowest BCUT2D eigenvalue weighted by Gasteiger charge is -2.03. The highest BCUT2D eigenvalue weighted by molar-refractivity contribution is 5.73. The number of primary amides is 1. The van der Waals surface area contributed by atoms with Crippen LogP contribution >= 0.6 is 0 Å². The predicted molar refractivity (Wildman–Crippen MR) is 45.9 cm³/mol. The molecule has 0 aliphatic rings. The molecule has 2 N–H and O–H groups in total. The highest BCUT2D eigenvalue weighted by Gasteiger charge is 1.95. The summed E-state index contributed by atoms with van der Waals surface area (Å²) in [6, 6.07) is 0. The topological polar surface area (TPSA) is 78.6 Å². The van der Waals surface area contributed by atoms with Crippen molar-refractivity contribution >= 4 is 11.9 Å². The Balaban J connectivity index is 3.00. The van der Waals surface area contributed by atoms with E-state index in [9.17, 15) is 9.59 Å². The van der Waals surface area contributed by atoms with Gasteiger partial charge in [-0.05, 0) is 6.42 Å². The molecule has 0 bridgehead atoms. The third-order valence-electron chi connectivity index (χ3n) is 1.24. The van der Waals surface area contributed by atoms with E-state index in [1.165, 1.54) is 6.92 Å². The van der Waals surface area contributed by atoms with Crippen LogP contribution in [-0.4, -0.2) is 31.7 Å². The molecule has 1 amide bonds. The van der Waals surface area contributed by atoms with Crippen molar-refractivity contribution in [3.63, 3.8) is 0 Å². The summed E-state index contributed by atoms with van der Waals surface area (Å²) in [6.07, 6.45) is 0.934. The van der Waals surface area contributed by atoms with Crippen molar-refractivity contribution < 1.29 is 19.1 Å². The molecule has 0 saturated heterocycles. The van der Waals surface area contributed by atoms with Crippen LogP contribution in [0.15, 0.2) is 0 Å². The predicted octanol–water partition coefficient (Wildman–Crippen LogP) is -0.168. The van der Waals surface area contributed by atoms with Gasteiger partial charge in [0.15, 0.2) is 0 Å². The van der Waals surface area contributed by atoms with E-state index < -0.39 is 0 Å². The van der Waals surface area contributed by atoms with Gasteiger partial charge in [0.1, 0.15) is 6.61 Å². The Kier molecular flexibility index (Phi) is 6.91. The van der Waals surface area contributed by atoms with Gasteiger partial charge in [0.2, 0.25) is 5.91 Å². The zero-order chi connectivity index (χ0) is 10.1. The number of hydrogen-bond donors (Lipinski definition) is 1. The summed E-state index contributed by atoms with van der Waals surface area (Å²) < 4.78 is 9.66. The first-order valence-corrected chi connectivity index (χ1v) is 4.12. The number of ether oxygens (including phenoxy) is 2. The average molecular weight is 189 g/mol. The smallest absolute Gasteiger partial charge is 0.302 e.